The summed E-state index contributed by atoms with van der Waals surface area (Å²) in [6.07, 6.45) is 1.47. The Morgan fingerprint density at radius 2 is 2.26 bits per heavy atom. The Balaban J connectivity index is 2.31. The van der Waals surface area contributed by atoms with E-state index in [9.17, 15) is 4.79 Å². The summed E-state index contributed by atoms with van der Waals surface area (Å²) in [6.45, 7) is 1.71. The van der Waals surface area contributed by atoms with E-state index in [1.54, 1.807) is 29.8 Å². The molecule has 0 aliphatic rings. The molecule has 0 saturated carbocycles. The van der Waals surface area contributed by atoms with E-state index in [1.807, 2.05) is 6.07 Å². The second kappa shape index (κ2) is 4.07. The first-order chi connectivity index (χ1) is 9.19. The monoisotopic (exact) mass is 251 g/mol. The Morgan fingerprint density at radius 1 is 1.42 bits per heavy atom. The molecule has 3 aromatic rings. The number of fused-ring (bicyclic) bond motifs is 1. The fraction of sp³-hybridized carbons (Fsp3) is 0.0769. The number of rotatable bonds is 1. The number of benzene rings is 1. The molecule has 92 valence electrons. The fourth-order valence-electron chi connectivity index (χ4n) is 1.92. The van der Waals surface area contributed by atoms with Crippen LogP contribution < -0.4 is 5.56 Å². The average molecular weight is 251 g/mol. The van der Waals surface area contributed by atoms with Crippen molar-refractivity contribution in [3.63, 3.8) is 0 Å². The summed E-state index contributed by atoms with van der Waals surface area (Å²) >= 11 is 0. The molecule has 0 bridgehead atoms. The Labute approximate surface area is 108 Å². The van der Waals surface area contributed by atoms with Crippen LogP contribution in [-0.4, -0.2) is 19.7 Å². The largest absolute Gasteiger partial charge is 0.310 e. The van der Waals surface area contributed by atoms with Crippen molar-refractivity contribution >= 4 is 11.0 Å². The molecular formula is C13H9N5O. The molecule has 0 amide bonds. The van der Waals surface area contributed by atoms with Gasteiger partial charge in [-0.1, -0.05) is 6.07 Å². The summed E-state index contributed by atoms with van der Waals surface area (Å²) < 4.78 is 1.55. The van der Waals surface area contributed by atoms with E-state index < -0.39 is 0 Å². The summed E-state index contributed by atoms with van der Waals surface area (Å²) in [6, 6.07) is 9.06. The molecule has 6 heteroatoms. The van der Waals surface area contributed by atoms with Crippen LogP contribution in [0.5, 0.6) is 0 Å². The molecule has 0 atom stereocenters. The zero-order chi connectivity index (χ0) is 13.4. The van der Waals surface area contributed by atoms with Gasteiger partial charge in [-0.2, -0.15) is 10.4 Å². The molecule has 2 aromatic heterocycles. The van der Waals surface area contributed by atoms with Crippen LogP contribution in [0.2, 0.25) is 0 Å². The highest BCUT2D eigenvalue weighted by molar-refractivity contribution is 5.75. The van der Waals surface area contributed by atoms with Crippen LogP contribution >= 0.6 is 0 Å². The zero-order valence-corrected chi connectivity index (χ0v) is 10.1. The minimum atomic E-state index is -0.217. The van der Waals surface area contributed by atoms with Gasteiger partial charge in [0.05, 0.1) is 23.5 Å². The van der Waals surface area contributed by atoms with E-state index in [2.05, 4.69) is 21.1 Å². The van der Waals surface area contributed by atoms with Crippen LogP contribution in [-0.2, 0) is 0 Å². The summed E-state index contributed by atoms with van der Waals surface area (Å²) in [5.74, 6) is 0.524. The van der Waals surface area contributed by atoms with E-state index >= 15 is 0 Å². The second-order valence-electron chi connectivity index (χ2n) is 4.11. The van der Waals surface area contributed by atoms with Crippen LogP contribution in [0.15, 0.2) is 35.3 Å². The number of hydrogen-bond acceptors (Lipinski definition) is 4. The Morgan fingerprint density at radius 3 is 3.05 bits per heavy atom. The van der Waals surface area contributed by atoms with Crippen molar-refractivity contribution in [2.75, 3.05) is 0 Å². The number of nitriles is 1. The lowest BCUT2D eigenvalue weighted by atomic mass is 10.2. The highest BCUT2D eigenvalue weighted by Gasteiger charge is 2.10. The van der Waals surface area contributed by atoms with Crippen LogP contribution in [0.1, 0.15) is 11.4 Å². The van der Waals surface area contributed by atoms with Gasteiger partial charge in [0.25, 0.3) is 5.56 Å². The molecule has 0 saturated heterocycles. The molecule has 0 spiro atoms. The highest BCUT2D eigenvalue weighted by Crippen LogP contribution is 2.14. The van der Waals surface area contributed by atoms with E-state index in [0.29, 0.717) is 28.1 Å². The molecule has 1 aromatic carbocycles. The SMILES string of the molecule is Cc1nc2c(cnn2-c2cccc(C#N)c2)c(=O)[nH]1. The van der Waals surface area contributed by atoms with Gasteiger partial charge in [-0.05, 0) is 25.1 Å². The maximum absolute atomic E-state index is 11.8. The fourth-order valence-corrected chi connectivity index (χ4v) is 1.92. The minimum absolute atomic E-state index is 0.217. The summed E-state index contributed by atoms with van der Waals surface area (Å²) in [4.78, 5) is 18.7. The van der Waals surface area contributed by atoms with Crippen molar-refractivity contribution in [3.8, 4) is 11.8 Å². The van der Waals surface area contributed by atoms with Crippen molar-refractivity contribution < 1.29 is 0 Å². The molecule has 19 heavy (non-hydrogen) atoms. The molecule has 6 nitrogen and oxygen atoms in total. The van der Waals surface area contributed by atoms with Gasteiger partial charge >= 0.3 is 0 Å². The highest BCUT2D eigenvalue weighted by atomic mass is 16.1. The van der Waals surface area contributed by atoms with Gasteiger partial charge in [0.15, 0.2) is 5.65 Å². The third kappa shape index (κ3) is 1.77. The molecular weight excluding hydrogens is 242 g/mol. The first-order valence-electron chi connectivity index (χ1n) is 5.64. The lowest BCUT2D eigenvalue weighted by molar-refractivity contribution is 0.888. The van der Waals surface area contributed by atoms with Crippen LogP contribution in [0.3, 0.4) is 0 Å². The number of hydrogen-bond donors (Lipinski definition) is 1. The molecule has 2 heterocycles. The average Bonchev–Trinajstić information content (AvgIpc) is 2.82. The van der Waals surface area contributed by atoms with Crippen molar-refractivity contribution in [1.82, 2.24) is 19.7 Å². The molecule has 0 radical (unpaired) electrons. The molecule has 0 unspecified atom stereocenters. The normalized spacial score (nSPS) is 10.5. The first kappa shape index (κ1) is 11.2. The van der Waals surface area contributed by atoms with Gasteiger partial charge < -0.3 is 4.98 Å². The third-order valence-corrected chi connectivity index (χ3v) is 2.78. The Hall–Kier alpha value is -2.94. The van der Waals surface area contributed by atoms with Gasteiger partial charge in [0.1, 0.15) is 11.2 Å². The maximum atomic E-state index is 11.8. The predicted octanol–water partition coefficient (Wildman–Crippen LogP) is 1.29. The van der Waals surface area contributed by atoms with E-state index in [-0.39, 0.29) is 5.56 Å². The maximum Gasteiger partial charge on any atom is 0.262 e. The quantitative estimate of drug-likeness (QED) is 0.705. The van der Waals surface area contributed by atoms with E-state index in [4.69, 9.17) is 5.26 Å². The Kier molecular flexibility index (Phi) is 2.39. The number of aromatic nitrogens is 4. The molecule has 0 aliphatic carbocycles. The van der Waals surface area contributed by atoms with Gasteiger partial charge in [-0.25, -0.2) is 9.67 Å². The number of nitrogens with one attached hydrogen (secondary N) is 1. The molecule has 3 rings (SSSR count). The summed E-state index contributed by atoms with van der Waals surface area (Å²) in [5.41, 5.74) is 1.50. The van der Waals surface area contributed by atoms with Crippen LogP contribution in [0, 0.1) is 18.3 Å². The summed E-state index contributed by atoms with van der Waals surface area (Å²) in [5, 5.41) is 13.5. The smallest absolute Gasteiger partial charge is 0.262 e. The zero-order valence-electron chi connectivity index (χ0n) is 10.1. The van der Waals surface area contributed by atoms with Crippen LogP contribution in [0.25, 0.3) is 16.7 Å². The lowest BCUT2D eigenvalue weighted by Crippen LogP contribution is -2.10. The summed E-state index contributed by atoms with van der Waals surface area (Å²) in [7, 11) is 0. The van der Waals surface area contributed by atoms with Gasteiger partial charge in [0.2, 0.25) is 0 Å². The second-order valence-corrected chi connectivity index (χ2v) is 4.11. The van der Waals surface area contributed by atoms with Crippen molar-refractivity contribution in [2.45, 2.75) is 6.92 Å². The standard InChI is InChI=1S/C13H9N5O/c1-8-16-12-11(13(19)17-8)7-15-18(12)10-4-2-3-9(5-10)6-14/h2-5,7H,1H3,(H,16,17,19). The molecule has 1 N–H and O–H groups in total. The van der Waals surface area contributed by atoms with Crippen molar-refractivity contribution in [3.05, 3.63) is 52.2 Å². The lowest BCUT2D eigenvalue weighted by Gasteiger charge is -2.03. The number of aryl methyl sites for hydroxylation is 1. The molecule has 0 aliphatic heterocycles. The number of aromatic amines is 1. The predicted molar refractivity (Wildman–Crippen MR) is 68.9 cm³/mol. The van der Waals surface area contributed by atoms with Gasteiger partial charge in [0, 0.05) is 0 Å². The Bertz CT molecular complexity index is 869. The van der Waals surface area contributed by atoms with Crippen LogP contribution in [0.4, 0.5) is 0 Å². The number of H-pyrrole nitrogens is 1. The van der Waals surface area contributed by atoms with Crippen molar-refractivity contribution in [2.24, 2.45) is 0 Å². The third-order valence-electron chi connectivity index (χ3n) is 2.78. The number of nitrogens with zero attached hydrogens (tertiary/aromatic N) is 4. The van der Waals surface area contributed by atoms with E-state index in [1.165, 1.54) is 6.20 Å². The van der Waals surface area contributed by atoms with Crippen molar-refractivity contribution in [1.29, 1.82) is 5.26 Å². The topological polar surface area (TPSA) is 87.4 Å². The minimum Gasteiger partial charge on any atom is -0.310 e. The van der Waals surface area contributed by atoms with E-state index in [0.717, 1.165) is 0 Å². The van der Waals surface area contributed by atoms with Gasteiger partial charge in [-0.3, -0.25) is 4.79 Å². The molecule has 0 fully saturated rings. The first-order valence-corrected chi connectivity index (χ1v) is 5.64. The van der Waals surface area contributed by atoms with Gasteiger partial charge in [-0.15, -0.1) is 0 Å².